The van der Waals surface area contributed by atoms with E-state index >= 15 is 0 Å². The van der Waals surface area contributed by atoms with Gasteiger partial charge in [-0.25, -0.2) is 4.79 Å². The minimum Gasteiger partial charge on any atom is -0.515 e. The zero-order valence-electron chi connectivity index (χ0n) is 6.09. The maximum atomic E-state index is 10.8. The fraction of sp³-hybridized carbons (Fsp3) is 0.333. The number of nitrogens with zero attached hydrogens (tertiary/aromatic N) is 1. The molecule has 1 rings (SSSR count). The molecule has 0 aromatic carbocycles. The van der Waals surface area contributed by atoms with E-state index in [0.29, 0.717) is 5.57 Å². The number of urea groups is 1. The molecule has 3 N–H and O–H groups in total. The Bertz CT molecular complexity index is 234. The summed E-state index contributed by atoms with van der Waals surface area (Å²) < 4.78 is 0. The van der Waals surface area contributed by atoms with Crippen LogP contribution in [0.1, 0.15) is 0 Å². The first-order chi connectivity index (χ1) is 5.15. The molecule has 1 saturated heterocycles. The summed E-state index contributed by atoms with van der Waals surface area (Å²) in [6.07, 6.45) is 0.832. The molecular formula is C6H9N3O2. The molecule has 60 valence electrons. The third-order valence-corrected chi connectivity index (χ3v) is 1.46. The summed E-state index contributed by atoms with van der Waals surface area (Å²) in [5.41, 5.74) is 0.409. The van der Waals surface area contributed by atoms with E-state index in [2.05, 4.69) is 5.32 Å². The second-order valence-corrected chi connectivity index (χ2v) is 2.32. The number of amidine groups is 1. The number of carbonyl (C=O) groups is 1. The Morgan fingerprint density at radius 3 is 3.00 bits per heavy atom. The zero-order chi connectivity index (χ0) is 8.43. The lowest BCUT2D eigenvalue weighted by Gasteiger charge is -2.25. The second-order valence-electron chi connectivity index (χ2n) is 2.32. The van der Waals surface area contributed by atoms with Gasteiger partial charge in [-0.3, -0.25) is 10.7 Å². The van der Waals surface area contributed by atoms with Crippen molar-refractivity contribution in [3.63, 3.8) is 0 Å². The maximum absolute atomic E-state index is 10.8. The Morgan fingerprint density at radius 1 is 1.82 bits per heavy atom. The van der Waals surface area contributed by atoms with Gasteiger partial charge < -0.3 is 10.0 Å². The summed E-state index contributed by atoms with van der Waals surface area (Å²) >= 11 is 0. The molecule has 0 aromatic rings. The van der Waals surface area contributed by atoms with E-state index in [0.717, 1.165) is 6.26 Å². The smallest absolute Gasteiger partial charge is 0.323 e. The Hall–Kier alpha value is -1.52. The van der Waals surface area contributed by atoms with Gasteiger partial charge >= 0.3 is 6.03 Å². The number of aliphatic hydroxyl groups is 1. The molecule has 0 saturated carbocycles. The number of carbonyl (C=O) groups excluding carboxylic acids is 1. The van der Waals surface area contributed by atoms with Crippen molar-refractivity contribution in [2.45, 2.75) is 0 Å². The van der Waals surface area contributed by atoms with Crippen LogP contribution in [0.15, 0.2) is 11.8 Å². The Balaban J connectivity index is 2.78. The van der Waals surface area contributed by atoms with Crippen LogP contribution < -0.4 is 5.32 Å². The lowest BCUT2D eigenvalue weighted by Crippen LogP contribution is -2.48. The van der Waals surface area contributed by atoms with Crippen molar-refractivity contribution in [1.82, 2.24) is 10.2 Å². The highest BCUT2D eigenvalue weighted by Crippen LogP contribution is 2.03. The highest BCUT2D eigenvalue weighted by molar-refractivity contribution is 6.08. The van der Waals surface area contributed by atoms with Gasteiger partial charge in [0, 0.05) is 12.6 Å². The Labute approximate surface area is 63.8 Å². The predicted octanol–water partition coefficient (Wildman–Crippen LogP) is 0.0606. The third-order valence-electron chi connectivity index (χ3n) is 1.46. The molecule has 1 aliphatic rings. The monoisotopic (exact) mass is 155 g/mol. The highest BCUT2D eigenvalue weighted by Gasteiger charge is 2.21. The van der Waals surface area contributed by atoms with Crippen molar-refractivity contribution in [1.29, 1.82) is 5.41 Å². The van der Waals surface area contributed by atoms with Crippen molar-refractivity contribution < 1.29 is 9.90 Å². The van der Waals surface area contributed by atoms with Gasteiger partial charge in [-0.15, -0.1) is 0 Å². The van der Waals surface area contributed by atoms with Gasteiger partial charge in [-0.2, -0.15) is 0 Å². The predicted molar refractivity (Wildman–Crippen MR) is 39.6 cm³/mol. The number of rotatable bonds is 0. The lowest BCUT2D eigenvalue weighted by molar-refractivity contribution is 0.215. The van der Waals surface area contributed by atoms with Crippen molar-refractivity contribution in [2.24, 2.45) is 0 Å². The van der Waals surface area contributed by atoms with Gasteiger partial charge in [-0.05, 0) is 0 Å². The molecule has 5 nitrogen and oxygen atoms in total. The van der Waals surface area contributed by atoms with Crippen LogP contribution in [0.4, 0.5) is 4.79 Å². The van der Waals surface area contributed by atoms with Crippen LogP contribution in [0.3, 0.4) is 0 Å². The van der Waals surface area contributed by atoms with E-state index in [-0.39, 0.29) is 18.4 Å². The Morgan fingerprint density at radius 2 is 2.45 bits per heavy atom. The molecule has 1 aliphatic heterocycles. The first-order valence-corrected chi connectivity index (χ1v) is 3.09. The van der Waals surface area contributed by atoms with Crippen LogP contribution in [-0.4, -0.2) is 35.5 Å². The lowest BCUT2D eigenvalue weighted by atomic mass is 10.2. The number of hydrogen-bond donors (Lipinski definition) is 3. The SMILES string of the molecule is CN1C/C(=C\O)C(=N)NC1=O. The summed E-state index contributed by atoms with van der Waals surface area (Å²) in [6.45, 7) is 0.279. The molecule has 0 aliphatic carbocycles. The summed E-state index contributed by atoms with van der Waals surface area (Å²) in [6, 6.07) is -0.319. The molecule has 5 heteroatoms. The van der Waals surface area contributed by atoms with E-state index in [9.17, 15) is 4.79 Å². The fourth-order valence-corrected chi connectivity index (χ4v) is 0.794. The van der Waals surface area contributed by atoms with Gasteiger partial charge in [-0.1, -0.05) is 0 Å². The van der Waals surface area contributed by atoms with Gasteiger partial charge in [0.1, 0.15) is 5.84 Å². The molecule has 0 bridgehead atoms. The second kappa shape index (κ2) is 2.61. The average Bonchev–Trinajstić information content (AvgIpc) is 1.97. The summed E-state index contributed by atoms with van der Waals surface area (Å²) in [5.74, 6) is -0.0319. The van der Waals surface area contributed by atoms with E-state index in [1.807, 2.05) is 0 Å². The molecule has 1 heterocycles. The minimum atomic E-state index is -0.319. The summed E-state index contributed by atoms with van der Waals surface area (Å²) in [4.78, 5) is 12.2. The summed E-state index contributed by atoms with van der Waals surface area (Å²) in [7, 11) is 1.59. The fourth-order valence-electron chi connectivity index (χ4n) is 0.794. The topological polar surface area (TPSA) is 76.4 Å². The molecule has 1 fully saturated rings. The molecule has 2 amide bonds. The van der Waals surface area contributed by atoms with Gasteiger partial charge in [0.15, 0.2) is 0 Å². The maximum Gasteiger partial charge on any atom is 0.323 e. The number of hydrogen-bond acceptors (Lipinski definition) is 3. The number of nitrogens with one attached hydrogen (secondary N) is 2. The van der Waals surface area contributed by atoms with Gasteiger partial charge in [0.2, 0.25) is 0 Å². The van der Waals surface area contributed by atoms with Gasteiger partial charge in [0.25, 0.3) is 0 Å². The quantitative estimate of drug-likeness (QED) is 0.432. The molecule has 0 aromatic heterocycles. The largest absolute Gasteiger partial charge is 0.515 e. The molecular weight excluding hydrogens is 146 g/mol. The van der Waals surface area contributed by atoms with Crippen LogP contribution in [0.2, 0.25) is 0 Å². The third kappa shape index (κ3) is 1.31. The average molecular weight is 155 g/mol. The molecule has 0 spiro atoms. The molecule has 0 atom stereocenters. The first-order valence-electron chi connectivity index (χ1n) is 3.09. The van der Waals surface area contributed by atoms with Crippen LogP contribution in [0.5, 0.6) is 0 Å². The van der Waals surface area contributed by atoms with Crippen molar-refractivity contribution in [2.75, 3.05) is 13.6 Å². The number of amides is 2. The van der Waals surface area contributed by atoms with Crippen LogP contribution in [0, 0.1) is 5.41 Å². The van der Waals surface area contributed by atoms with Gasteiger partial charge in [0.05, 0.1) is 12.8 Å². The number of aliphatic hydroxyl groups excluding tert-OH is 1. The molecule has 0 unspecified atom stereocenters. The normalized spacial score (nSPS) is 22.3. The molecule has 11 heavy (non-hydrogen) atoms. The van der Waals surface area contributed by atoms with Crippen LogP contribution >= 0.6 is 0 Å². The van der Waals surface area contributed by atoms with Crippen molar-refractivity contribution in [3.8, 4) is 0 Å². The molecule has 0 radical (unpaired) electrons. The van der Waals surface area contributed by atoms with E-state index in [1.165, 1.54) is 4.90 Å². The standard InChI is InChI=1S/C6H9N3O2/c1-9-2-4(3-10)5(7)8-6(9)11/h3,10H,2H2,1H3,(H2,7,8,11)/b4-3+. The van der Waals surface area contributed by atoms with E-state index < -0.39 is 0 Å². The van der Waals surface area contributed by atoms with Crippen molar-refractivity contribution in [3.05, 3.63) is 11.8 Å². The minimum absolute atomic E-state index is 0.0319. The summed E-state index contributed by atoms with van der Waals surface area (Å²) in [5, 5.41) is 18.0. The van der Waals surface area contributed by atoms with E-state index in [1.54, 1.807) is 7.05 Å². The van der Waals surface area contributed by atoms with Crippen LogP contribution in [0.25, 0.3) is 0 Å². The first kappa shape index (κ1) is 7.59. The highest BCUT2D eigenvalue weighted by atomic mass is 16.2. The van der Waals surface area contributed by atoms with Crippen molar-refractivity contribution >= 4 is 11.9 Å². The van der Waals surface area contributed by atoms with E-state index in [4.69, 9.17) is 10.5 Å². The zero-order valence-corrected chi connectivity index (χ0v) is 6.09. The Kier molecular flexibility index (Phi) is 1.80. The van der Waals surface area contributed by atoms with Crippen LogP contribution in [-0.2, 0) is 0 Å². The number of likely N-dealkylation sites (N-methyl/N-ethyl adjacent to an activating group) is 1.